The van der Waals surface area contributed by atoms with E-state index in [1.807, 2.05) is 49.4 Å². The van der Waals surface area contributed by atoms with Gasteiger partial charge in [0.05, 0.1) is 13.0 Å². The summed E-state index contributed by atoms with van der Waals surface area (Å²) in [6, 6.07) is 8.81. The number of hydrogen-bond acceptors (Lipinski definition) is 4. The van der Waals surface area contributed by atoms with E-state index in [0.717, 1.165) is 18.4 Å². The van der Waals surface area contributed by atoms with E-state index in [0.29, 0.717) is 25.8 Å². The summed E-state index contributed by atoms with van der Waals surface area (Å²) >= 11 is 0. The van der Waals surface area contributed by atoms with Gasteiger partial charge in [0.15, 0.2) is 0 Å². The second kappa shape index (κ2) is 11.5. The highest BCUT2D eigenvalue weighted by molar-refractivity contribution is 5.94. The third-order valence-corrected chi connectivity index (χ3v) is 5.53. The van der Waals surface area contributed by atoms with Crippen molar-refractivity contribution in [3.05, 3.63) is 48.0 Å². The Bertz CT molecular complexity index is 747. The van der Waals surface area contributed by atoms with Gasteiger partial charge in [-0.05, 0) is 45.1 Å². The van der Waals surface area contributed by atoms with Crippen LogP contribution in [0.1, 0.15) is 58.4 Å². The van der Waals surface area contributed by atoms with Crippen molar-refractivity contribution < 1.29 is 19.1 Å². The monoisotopic (exact) mass is 414 g/mol. The van der Waals surface area contributed by atoms with Gasteiger partial charge in [0.1, 0.15) is 11.6 Å². The maximum atomic E-state index is 13.4. The fraction of sp³-hybridized carbons (Fsp3) is 0.542. The molecule has 0 aromatic heterocycles. The Kier molecular flexibility index (Phi) is 9.09. The maximum absolute atomic E-state index is 13.4. The van der Waals surface area contributed by atoms with Crippen LogP contribution in [-0.4, -0.2) is 47.4 Å². The minimum atomic E-state index is -1.04. The van der Waals surface area contributed by atoms with Crippen molar-refractivity contribution in [1.29, 1.82) is 0 Å². The number of hydrogen-bond donors (Lipinski definition) is 1. The van der Waals surface area contributed by atoms with Gasteiger partial charge < -0.3 is 15.0 Å². The molecule has 6 nitrogen and oxygen atoms in total. The summed E-state index contributed by atoms with van der Waals surface area (Å²) in [5.74, 6) is -0.833. The highest BCUT2D eigenvalue weighted by Gasteiger charge is 2.42. The lowest BCUT2D eigenvalue weighted by atomic mass is 9.90. The lowest BCUT2D eigenvalue weighted by Gasteiger charge is -2.40. The quantitative estimate of drug-likeness (QED) is 0.522. The van der Waals surface area contributed by atoms with E-state index in [9.17, 15) is 14.4 Å². The van der Waals surface area contributed by atoms with Crippen molar-refractivity contribution in [3.63, 3.8) is 0 Å². The van der Waals surface area contributed by atoms with Gasteiger partial charge in [-0.1, -0.05) is 55.8 Å². The van der Waals surface area contributed by atoms with Gasteiger partial charge in [0, 0.05) is 6.54 Å². The molecule has 0 radical (unpaired) electrons. The second-order valence-electron chi connectivity index (χ2n) is 7.86. The Labute approximate surface area is 179 Å². The van der Waals surface area contributed by atoms with E-state index in [4.69, 9.17) is 4.74 Å². The molecule has 1 aliphatic rings. The number of esters is 1. The summed E-state index contributed by atoms with van der Waals surface area (Å²) in [6.45, 7) is 6.36. The largest absolute Gasteiger partial charge is 0.464 e. The number of unbranched alkanes of at least 4 members (excludes halogenated alkanes) is 1. The lowest BCUT2D eigenvalue weighted by Crippen LogP contribution is -2.61. The molecule has 6 heteroatoms. The van der Waals surface area contributed by atoms with Crippen LogP contribution in [0.15, 0.2) is 42.5 Å². The Morgan fingerprint density at radius 2 is 1.93 bits per heavy atom. The predicted molar refractivity (Wildman–Crippen MR) is 117 cm³/mol. The Morgan fingerprint density at radius 3 is 2.60 bits per heavy atom. The molecular weight excluding hydrogens is 380 g/mol. The molecule has 164 valence electrons. The SMILES string of the molecule is CCCCN(C(=O)Cc1ccccc1)C1(C)CC/C=C\CC(C(=O)OCC)NC1=O. The van der Waals surface area contributed by atoms with E-state index < -0.39 is 17.6 Å². The smallest absolute Gasteiger partial charge is 0.328 e. The topological polar surface area (TPSA) is 75.7 Å². The standard InChI is InChI=1S/C24H34N2O4/c1-4-6-17-26(21(27)18-19-13-9-7-10-14-19)24(3)16-12-8-11-15-20(25-23(24)29)22(28)30-5-2/h7-11,13-14,20H,4-6,12,15-18H2,1-3H3,(H,25,29)/b11-8-. The normalized spacial score (nSPS) is 22.8. The molecule has 1 N–H and O–H groups in total. The minimum Gasteiger partial charge on any atom is -0.464 e. The molecule has 0 saturated carbocycles. The first-order chi connectivity index (χ1) is 14.4. The van der Waals surface area contributed by atoms with Gasteiger partial charge in [-0.25, -0.2) is 4.79 Å². The van der Waals surface area contributed by atoms with E-state index in [-0.39, 0.29) is 24.8 Å². The Morgan fingerprint density at radius 1 is 1.20 bits per heavy atom. The number of rotatable bonds is 8. The van der Waals surface area contributed by atoms with Crippen LogP contribution in [0.3, 0.4) is 0 Å². The summed E-state index contributed by atoms with van der Waals surface area (Å²) in [7, 11) is 0. The average molecular weight is 415 g/mol. The summed E-state index contributed by atoms with van der Waals surface area (Å²) in [6.07, 6.45) is 7.37. The molecule has 0 spiro atoms. The zero-order chi connectivity index (χ0) is 22.0. The molecular formula is C24H34N2O4. The van der Waals surface area contributed by atoms with Gasteiger partial charge in [0.25, 0.3) is 0 Å². The number of nitrogens with zero attached hydrogens (tertiary/aromatic N) is 1. The molecule has 0 aliphatic carbocycles. The summed E-state index contributed by atoms with van der Waals surface area (Å²) in [5, 5.41) is 2.85. The number of allylic oxidation sites excluding steroid dienone is 1. The first kappa shape index (κ1) is 23.6. The molecule has 1 aliphatic heterocycles. The summed E-state index contributed by atoms with van der Waals surface area (Å²) < 4.78 is 5.12. The molecule has 2 rings (SSSR count). The van der Waals surface area contributed by atoms with Crippen molar-refractivity contribution in [2.45, 2.75) is 70.9 Å². The van der Waals surface area contributed by atoms with Gasteiger partial charge in [0.2, 0.25) is 11.8 Å². The molecule has 1 aromatic rings. The second-order valence-corrected chi connectivity index (χ2v) is 7.86. The highest BCUT2D eigenvalue weighted by atomic mass is 16.5. The molecule has 1 aromatic carbocycles. The van der Waals surface area contributed by atoms with Gasteiger partial charge in [-0.15, -0.1) is 0 Å². The third-order valence-electron chi connectivity index (χ3n) is 5.53. The van der Waals surface area contributed by atoms with E-state index >= 15 is 0 Å². The Hall–Kier alpha value is -2.63. The van der Waals surface area contributed by atoms with Crippen LogP contribution in [0.5, 0.6) is 0 Å². The van der Waals surface area contributed by atoms with E-state index in [1.165, 1.54) is 0 Å². The van der Waals surface area contributed by atoms with E-state index in [1.54, 1.807) is 11.8 Å². The van der Waals surface area contributed by atoms with Crippen LogP contribution in [0.4, 0.5) is 0 Å². The van der Waals surface area contributed by atoms with Gasteiger partial charge in [-0.3, -0.25) is 9.59 Å². The fourth-order valence-electron chi connectivity index (χ4n) is 3.69. The maximum Gasteiger partial charge on any atom is 0.328 e. The van der Waals surface area contributed by atoms with Crippen molar-refractivity contribution in [3.8, 4) is 0 Å². The summed E-state index contributed by atoms with van der Waals surface area (Å²) in [5.41, 5.74) is -0.124. The first-order valence-corrected chi connectivity index (χ1v) is 10.9. The van der Waals surface area contributed by atoms with Crippen LogP contribution in [0, 0.1) is 0 Å². The van der Waals surface area contributed by atoms with Crippen LogP contribution < -0.4 is 5.32 Å². The van der Waals surface area contributed by atoms with E-state index in [2.05, 4.69) is 12.2 Å². The number of carbonyl (C=O) groups is 3. The number of nitrogens with one attached hydrogen (secondary N) is 1. The number of benzene rings is 1. The highest BCUT2D eigenvalue weighted by Crippen LogP contribution is 2.26. The van der Waals surface area contributed by atoms with Gasteiger partial charge in [-0.2, -0.15) is 0 Å². The lowest BCUT2D eigenvalue weighted by molar-refractivity contribution is -0.151. The molecule has 0 saturated heterocycles. The molecule has 30 heavy (non-hydrogen) atoms. The number of ether oxygens (including phenoxy) is 1. The van der Waals surface area contributed by atoms with Crippen LogP contribution in [0.25, 0.3) is 0 Å². The zero-order valence-electron chi connectivity index (χ0n) is 18.4. The van der Waals surface area contributed by atoms with Gasteiger partial charge >= 0.3 is 5.97 Å². The van der Waals surface area contributed by atoms with Crippen molar-refractivity contribution in [1.82, 2.24) is 10.2 Å². The third kappa shape index (κ3) is 6.18. The van der Waals surface area contributed by atoms with Crippen molar-refractivity contribution in [2.24, 2.45) is 0 Å². The molecule has 2 unspecified atom stereocenters. The molecule has 1 heterocycles. The van der Waals surface area contributed by atoms with Crippen LogP contribution in [0.2, 0.25) is 0 Å². The molecule has 0 fully saturated rings. The zero-order valence-corrected chi connectivity index (χ0v) is 18.4. The van der Waals surface area contributed by atoms with Crippen LogP contribution >= 0.6 is 0 Å². The first-order valence-electron chi connectivity index (χ1n) is 10.9. The Balaban J connectivity index is 2.30. The average Bonchev–Trinajstić information content (AvgIpc) is 2.80. The van der Waals surface area contributed by atoms with Crippen molar-refractivity contribution in [2.75, 3.05) is 13.2 Å². The molecule has 2 amide bonds. The van der Waals surface area contributed by atoms with Crippen molar-refractivity contribution >= 4 is 17.8 Å². The minimum absolute atomic E-state index is 0.0804. The number of carbonyl (C=O) groups excluding carboxylic acids is 3. The number of amides is 2. The molecule has 2 atom stereocenters. The predicted octanol–water partition coefficient (Wildman–Crippen LogP) is 3.40. The molecule has 0 bridgehead atoms. The summed E-state index contributed by atoms with van der Waals surface area (Å²) in [4.78, 5) is 40.7. The van der Waals surface area contributed by atoms with Crippen LogP contribution in [-0.2, 0) is 25.5 Å². The fourth-order valence-corrected chi connectivity index (χ4v) is 3.69.